The lowest BCUT2D eigenvalue weighted by Crippen LogP contribution is -2.43. The number of hydrogen-bond acceptors (Lipinski definition) is 3. The average Bonchev–Trinajstić information content (AvgIpc) is 2.49. The van der Waals surface area contributed by atoms with Gasteiger partial charge >= 0.3 is 0 Å². The second-order valence-electron chi connectivity index (χ2n) is 6.79. The Labute approximate surface area is 148 Å². The normalized spacial score (nSPS) is 14.8. The average molecular weight is 354 g/mol. The number of nitrogens with one attached hydrogen (secondary N) is 2. The Bertz CT molecular complexity index is 568. The number of rotatable bonds is 7. The van der Waals surface area contributed by atoms with Gasteiger partial charge in [-0.2, -0.15) is 0 Å². The SMILES string of the molecule is CN=C(NCCS(=O)C(C)(C)C)NCC(C)Oc1cccc(C)c1. The molecule has 0 heterocycles. The van der Waals surface area contributed by atoms with Crippen molar-refractivity contribution in [2.24, 2.45) is 4.99 Å². The number of guanidine groups is 1. The number of nitrogens with zero attached hydrogens (tertiary/aromatic N) is 1. The summed E-state index contributed by atoms with van der Waals surface area (Å²) < 4.78 is 17.7. The molecule has 0 amide bonds. The van der Waals surface area contributed by atoms with Crippen molar-refractivity contribution in [3.8, 4) is 5.75 Å². The van der Waals surface area contributed by atoms with Crippen LogP contribution in [0.1, 0.15) is 33.3 Å². The van der Waals surface area contributed by atoms with Gasteiger partial charge in [0.1, 0.15) is 11.9 Å². The van der Waals surface area contributed by atoms with Gasteiger partial charge in [0.25, 0.3) is 0 Å². The molecule has 1 aromatic carbocycles. The molecule has 2 unspecified atom stereocenters. The van der Waals surface area contributed by atoms with Crippen LogP contribution in [0.25, 0.3) is 0 Å². The summed E-state index contributed by atoms with van der Waals surface area (Å²) in [7, 11) is 0.857. The number of benzene rings is 1. The highest BCUT2D eigenvalue weighted by Crippen LogP contribution is 2.13. The summed E-state index contributed by atoms with van der Waals surface area (Å²) in [6.45, 7) is 11.3. The van der Waals surface area contributed by atoms with E-state index in [2.05, 4.69) is 15.6 Å². The number of hydrogen-bond donors (Lipinski definition) is 2. The van der Waals surface area contributed by atoms with Crippen LogP contribution in [0, 0.1) is 6.92 Å². The summed E-state index contributed by atoms with van der Waals surface area (Å²) in [4.78, 5) is 4.18. The van der Waals surface area contributed by atoms with E-state index in [4.69, 9.17) is 4.74 Å². The van der Waals surface area contributed by atoms with Gasteiger partial charge in [-0.25, -0.2) is 0 Å². The molecule has 0 saturated carbocycles. The third-order valence-electron chi connectivity index (χ3n) is 3.37. The second-order valence-corrected chi connectivity index (χ2v) is 9.11. The van der Waals surface area contributed by atoms with Gasteiger partial charge in [-0.3, -0.25) is 9.20 Å². The first kappa shape index (κ1) is 20.5. The molecule has 0 aromatic heterocycles. The van der Waals surface area contributed by atoms with Crippen molar-refractivity contribution in [1.82, 2.24) is 10.6 Å². The van der Waals surface area contributed by atoms with Gasteiger partial charge in [0.05, 0.1) is 6.54 Å². The van der Waals surface area contributed by atoms with Crippen LogP contribution in [0.5, 0.6) is 5.75 Å². The first-order chi connectivity index (χ1) is 11.2. The monoisotopic (exact) mass is 353 g/mol. The summed E-state index contributed by atoms with van der Waals surface area (Å²) in [5.41, 5.74) is 1.18. The van der Waals surface area contributed by atoms with E-state index in [1.54, 1.807) is 7.05 Å². The Morgan fingerprint density at radius 1 is 1.33 bits per heavy atom. The van der Waals surface area contributed by atoms with E-state index in [0.717, 1.165) is 5.75 Å². The fourth-order valence-corrected chi connectivity index (χ4v) is 2.89. The van der Waals surface area contributed by atoms with E-state index in [1.165, 1.54) is 5.56 Å². The van der Waals surface area contributed by atoms with Crippen LogP contribution >= 0.6 is 0 Å². The van der Waals surface area contributed by atoms with Gasteiger partial charge < -0.3 is 15.4 Å². The standard InChI is InChI=1S/C18H31N3O2S/c1-14-8-7-9-16(12-14)23-15(2)13-21-17(19-6)20-10-11-24(22)18(3,4)5/h7-9,12,15H,10-11,13H2,1-6H3,(H2,19,20,21). The highest BCUT2D eigenvalue weighted by molar-refractivity contribution is 7.86. The maximum atomic E-state index is 12.0. The Balaban J connectivity index is 2.34. The van der Waals surface area contributed by atoms with E-state index in [1.807, 2.05) is 58.9 Å². The van der Waals surface area contributed by atoms with E-state index < -0.39 is 10.8 Å². The molecular formula is C18H31N3O2S. The topological polar surface area (TPSA) is 62.7 Å². The van der Waals surface area contributed by atoms with Crippen LogP contribution in [0.2, 0.25) is 0 Å². The summed E-state index contributed by atoms with van der Waals surface area (Å²) in [6.07, 6.45) is 0.00839. The minimum Gasteiger partial charge on any atom is -0.489 e. The quantitative estimate of drug-likeness (QED) is 0.584. The molecule has 6 heteroatoms. The molecule has 2 atom stereocenters. The van der Waals surface area contributed by atoms with Crippen molar-refractivity contribution in [3.05, 3.63) is 29.8 Å². The number of aryl methyl sites for hydroxylation is 1. The molecule has 0 saturated heterocycles. The van der Waals surface area contributed by atoms with Gasteiger partial charge in [0.15, 0.2) is 5.96 Å². The molecule has 0 bridgehead atoms. The zero-order chi connectivity index (χ0) is 18.2. The Hall–Kier alpha value is -1.56. The minimum atomic E-state index is -0.867. The van der Waals surface area contributed by atoms with Gasteiger partial charge in [0, 0.05) is 34.9 Å². The molecule has 0 radical (unpaired) electrons. The molecule has 0 aliphatic heterocycles. The molecule has 2 N–H and O–H groups in total. The maximum Gasteiger partial charge on any atom is 0.191 e. The van der Waals surface area contributed by atoms with Gasteiger partial charge in [-0.05, 0) is 52.3 Å². The summed E-state index contributed by atoms with van der Waals surface area (Å²) in [5.74, 6) is 2.16. The van der Waals surface area contributed by atoms with Crippen molar-refractivity contribution in [3.63, 3.8) is 0 Å². The van der Waals surface area contributed by atoms with E-state index >= 15 is 0 Å². The van der Waals surface area contributed by atoms with Crippen molar-refractivity contribution in [2.45, 2.75) is 45.5 Å². The summed E-state index contributed by atoms with van der Waals surface area (Å²) in [6, 6.07) is 8.01. The van der Waals surface area contributed by atoms with Crippen molar-refractivity contribution >= 4 is 16.8 Å². The molecule has 1 rings (SSSR count). The van der Waals surface area contributed by atoms with E-state index in [-0.39, 0.29) is 10.9 Å². The highest BCUT2D eigenvalue weighted by atomic mass is 32.2. The molecule has 5 nitrogen and oxygen atoms in total. The minimum absolute atomic E-state index is 0.00839. The number of aliphatic imine (C=N–C) groups is 1. The highest BCUT2D eigenvalue weighted by Gasteiger charge is 2.18. The number of ether oxygens (including phenoxy) is 1. The van der Waals surface area contributed by atoms with E-state index in [9.17, 15) is 4.21 Å². The predicted molar refractivity (Wildman–Crippen MR) is 103 cm³/mol. The third kappa shape index (κ3) is 7.81. The predicted octanol–water partition coefficient (Wildman–Crippen LogP) is 2.47. The fraction of sp³-hybridized carbons (Fsp3) is 0.611. The third-order valence-corrected chi connectivity index (χ3v) is 5.31. The largest absolute Gasteiger partial charge is 0.489 e. The van der Waals surface area contributed by atoms with Crippen molar-refractivity contribution < 1.29 is 8.95 Å². The smallest absolute Gasteiger partial charge is 0.191 e. The molecule has 0 spiro atoms. The van der Waals surface area contributed by atoms with Gasteiger partial charge in [0.2, 0.25) is 0 Å². The van der Waals surface area contributed by atoms with Crippen LogP contribution in [-0.4, -0.2) is 46.9 Å². The first-order valence-corrected chi connectivity index (χ1v) is 9.60. The van der Waals surface area contributed by atoms with Crippen molar-refractivity contribution in [1.29, 1.82) is 0 Å². The maximum absolute atomic E-state index is 12.0. The van der Waals surface area contributed by atoms with Crippen LogP contribution in [0.15, 0.2) is 29.3 Å². The molecular weight excluding hydrogens is 322 g/mol. The summed E-state index contributed by atoms with van der Waals surface area (Å²) in [5, 5.41) is 6.42. The molecule has 0 fully saturated rings. The Kier molecular flexibility index (Phi) is 8.25. The first-order valence-electron chi connectivity index (χ1n) is 8.28. The Morgan fingerprint density at radius 2 is 2.04 bits per heavy atom. The van der Waals surface area contributed by atoms with Crippen molar-refractivity contribution in [2.75, 3.05) is 25.9 Å². The van der Waals surface area contributed by atoms with Gasteiger partial charge in [-0.1, -0.05) is 12.1 Å². The molecule has 136 valence electrons. The van der Waals surface area contributed by atoms with Crippen LogP contribution in [0.3, 0.4) is 0 Å². The zero-order valence-electron chi connectivity index (χ0n) is 15.7. The molecule has 0 aliphatic rings. The van der Waals surface area contributed by atoms with Crippen LogP contribution in [0.4, 0.5) is 0 Å². The van der Waals surface area contributed by atoms with Gasteiger partial charge in [-0.15, -0.1) is 0 Å². The van der Waals surface area contributed by atoms with E-state index in [0.29, 0.717) is 24.8 Å². The second kappa shape index (κ2) is 9.67. The lowest BCUT2D eigenvalue weighted by Gasteiger charge is -2.20. The lowest BCUT2D eigenvalue weighted by molar-refractivity contribution is 0.223. The molecule has 0 aliphatic carbocycles. The summed E-state index contributed by atoms with van der Waals surface area (Å²) >= 11 is 0. The lowest BCUT2D eigenvalue weighted by atomic mass is 10.2. The molecule has 1 aromatic rings. The van der Waals surface area contributed by atoms with Crippen LogP contribution < -0.4 is 15.4 Å². The molecule has 24 heavy (non-hydrogen) atoms. The zero-order valence-corrected chi connectivity index (χ0v) is 16.5. The van der Waals surface area contributed by atoms with Crippen LogP contribution in [-0.2, 0) is 10.8 Å². The fourth-order valence-electron chi connectivity index (χ4n) is 1.99. The Morgan fingerprint density at radius 3 is 2.62 bits per heavy atom.